The first kappa shape index (κ1) is 19.2. The molecule has 2 heterocycles. The molecule has 8 heteroatoms. The van der Waals surface area contributed by atoms with Gasteiger partial charge >= 0.3 is 0 Å². The van der Waals surface area contributed by atoms with Gasteiger partial charge in [-0.05, 0) is 39.3 Å². The van der Waals surface area contributed by atoms with Gasteiger partial charge in [0.05, 0.1) is 17.5 Å². The first-order valence-corrected chi connectivity index (χ1v) is 9.77. The molecule has 3 rings (SSSR count). The van der Waals surface area contributed by atoms with Crippen LogP contribution < -0.4 is 5.32 Å². The van der Waals surface area contributed by atoms with Crippen LogP contribution in [0.4, 0.5) is 5.82 Å². The molecule has 0 aliphatic rings. The summed E-state index contributed by atoms with van der Waals surface area (Å²) in [6.45, 7) is 7.97. The third-order valence-electron chi connectivity index (χ3n) is 4.28. The summed E-state index contributed by atoms with van der Waals surface area (Å²) in [6.07, 6.45) is 2.62. The summed E-state index contributed by atoms with van der Waals surface area (Å²) in [6, 6.07) is 9.86. The molecule has 0 saturated heterocycles. The molecule has 0 saturated carbocycles. The molecule has 2 aromatic heterocycles. The van der Waals surface area contributed by atoms with Crippen LogP contribution in [0.5, 0.6) is 0 Å². The van der Waals surface area contributed by atoms with E-state index in [2.05, 4.69) is 34.5 Å². The molecule has 142 valence electrons. The van der Waals surface area contributed by atoms with Crippen molar-refractivity contribution in [2.45, 2.75) is 50.6 Å². The number of aryl methyl sites for hydroxylation is 1. The van der Waals surface area contributed by atoms with Crippen LogP contribution in [0.25, 0.3) is 11.5 Å². The van der Waals surface area contributed by atoms with E-state index in [4.69, 9.17) is 4.42 Å². The lowest BCUT2D eigenvalue weighted by molar-refractivity contribution is -0.115. The minimum Gasteiger partial charge on any atom is -0.411 e. The van der Waals surface area contributed by atoms with E-state index in [9.17, 15) is 4.79 Å². The molecule has 0 aliphatic heterocycles. The van der Waals surface area contributed by atoms with Crippen LogP contribution in [0, 0.1) is 6.92 Å². The van der Waals surface area contributed by atoms with Crippen LogP contribution in [-0.4, -0.2) is 31.1 Å². The van der Waals surface area contributed by atoms with E-state index in [0.717, 1.165) is 17.5 Å². The van der Waals surface area contributed by atoms with Gasteiger partial charge in [-0.15, -0.1) is 10.2 Å². The molecule has 0 unspecified atom stereocenters. The fraction of sp³-hybridized carbons (Fsp3) is 0.368. The van der Waals surface area contributed by atoms with E-state index in [-0.39, 0.29) is 11.9 Å². The number of carbonyl (C=O) groups is 1. The quantitative estimate of drug-likeness (QED) is 0.609. The van der Waals surface area contributed by atoms with Gasteiger partial charge in [-0.1, -0.05) is 36.4 Å². The highest BCUT2D eigenvalue weighted by atomic mass is 32.2. The highest BCUT2D eigenvalue weighted by molar-refractivity contribution is 8.00. The lowest BCUT2D eigenvalue weighted by Crippen LogP contribution is -2.24. The maximum Gasteiger partial charge on any atom is 0.277 e. The van der Waals surface area contributed by atoms with Crippen LogP contribution >= 0.6 is 11.8 Å². The fourth-order valence-corrected chi connectivity index (χ4v) is 3.12. The maximum atomic E-state index is 12.5. The number of nitrogens with one attached hydrogen (secondary N) is 1. The number of hydrogen-bond donors (Lipinski definition) is 1. The van der Waals surface area contributed by atoms with Gasteiger partial charge in [0.25, 0.3) is 5.22 Å². The van der Waals surface area contributed by atoms with Gasteiger partial charge in [0.15, 0.2) is 0 Å². The van der Waals surface area contributed by atoms with Crippen molar-refractivity contribution in [3.8, 4) is 11.5 Å². The van der Waals surface area contributed by atoms with Crippen molar-refractivity contribution in [2.24, 2.45) is 0 Å². The second-order valence-electron chi connectivity index (χ2n) is 6.41. The third kappa shape index (κ3) is 4.57. The second-order valence-corrected chi connectivity index (χ2v) is 7.70. The number of benzene rings is 1. The largest absolute Gasteiger partial charge is 0.411 e. The zero-order chi connectivity index (χ0) is 19.4. The first-order valence-electron chi connectivity index (χ1n) is 8.89. The summed E-state index contributed by atoms with van der Waals surface area (Å²) < 4.78 is 7.51. The van der Waals surface area contributed by atoms with Crippen LogP contribution in [0.1, 0.15) is 38.8 Å². The SMILES string of the molecule is CC[C@@H](C)n1nccc1NC(=O)[C@H](C)Sc1nnc(-c2ccc(C)cc2)o1. The number of nitrogens with zero attached hydrogens (tertiary/aromatic N) is 4. The molecule has 3 aromatic rings. The molecule has 0 fully saturated rings. The summed E-state index contributed by atoms with van der Waals surface area (Å²) in [5.41, 5.74) is 2.02. The number of anilines is 1. The van der Waals surface area contributed by atoms with Gasteiger partial charge in [0.1, 0.15) is 5.82 Å². The van der Waals surface area contributed by atoms with Gasteiger partial charge in [-0.2, -0.15) is 5.10 Å². The van der Waals surface area contributed by atoms with Crippen molar-refractivity contribution in [3.05, 3.63) is 42.1 Å². The van der Waals surface area contributed by atoms with Gasteiger partial charge in [0, 0.05) is 11.6 Å². The maximum absolute atomic E-state index is 12.5. The van der Waals surface area contributed by atoms with Gasteiger partial charge in [-0.3, -0.25) is 4.79 Å². The average molecular weight is 385 g/mol. The number of aromatic nitrogens is 4. The van der Waals surface area contributed by atoms with Crippen LogP contribution in [0.3, 0.4) is 0 Å². The molecule has 1 N–H and O–H groups in total. The smallest absolute Gasteiger partial charge is 0.277 e. The Labute approximate surface area is 162 Å². The molecule has 0 bridgehead atoms. The second kappa shape index (κ2) is 8.39. The van der Waals surface area contributed by atoms with Gasteiger partial charge in [0.2, 0.25) is 11.8 Å². The third-order valence-corrected chi connectivity index (χ3v) is 5.22. The molecule has 2 atom stereocenters. The number of thioether (sulfide) groups is 1. The van der Waals surface area contributed by atoms with E-state index in [0.29, 0.717) is 16.9 Å². The van der Waals surface area contributed by atoms with E-state index in [1.807, 2.05) is 35.9 Å². The fourth-order valence-electron chi connectivity index (χ4n) is 2.44. The molecule has 0 spiro atoms. The number of carbonyl (C=O) groups excluding carboxylic acids is 1. The minimum atomic E-state index is -0.392. The summed E-state index contributed by atoms with van der Waals surface area (Å²) in [5.74, 6) is 0.993. The Hall–Kier alpha value is -2.61. The Bertz CT molecular complexity index is 903. The Morgan fingerprint density at radius 3 is 2.67 bits per heavy atom. The van der Waals surface area contributed by atoms with Crippen molar-refractivity contribution in [2.75, 3.05) is 5.32 Å². The molecular weight excluding hydrogens is 362 g/mol. The van der Waals surface area contributed by atoms with Crippen molar-refractivity contribution >= 4 is 23.5 Å². The van der Waals surface area contributed by atoms with Gasteiger partial charge < -0.3 is 9.73 Å². The highest BCUT2D eigenvalue weighted by Gasteiger charge is 2.20. The Morgan fingerprint density at radius 1 is 1.22 bits per heavy atom. The molecule has 27 heavy (non-hydrogen) atoms. The molecule has 1 aromatic carbocycles. The predicted molar refractivity (Wildman–Crippen MR) is 106 cm³/mol. The normalized spacial score (nSPS) is 13.3. The monoisotopic (exact) mass is 385 g/mol. The molecule has 1 amide bonds. The average Bonchev–Trinajstić information content (AvgIpc) is 3.31. The Morgan fingerprint density at radius 2 is 1.96 bits per heavy atom. The minimum absolute atomic E-state index is 0.139. The summed E-state index contributed by atoms with van der Waals surface area (Å²) in [4.78, 5) is 12.5. The zero-order valence-corrected chi connectivity index (χ0v) is 16.7. The number of amides is 1. The number of hydrogen-bond acceptors (Lipinski definition) is 6. The van der Waals surface area contributed by atoms with Crippen LogP contribution in [0.15, 0.2) is 46.2 Å². The van der Waals surface area contributed by atoms with E-state index in [1.165, 1.54) is 11.8 Å². The summed E-state index contributed by atoms with van der Waals surface area (Å²) in [5, 5.41) is 15.3. The van der Waals surface area contributed by atoms with Crippen molar-refractivity contribution in [1.29, 1.82) is 0 Å². The highest BCUT2D eigenvalue weighted by Crippen LogP contribution is 2.27. The van der Waals surface area contributed by atoms with E-state index < -0.39 is 5.25 Å². The van der Waals surface area contributed by atoms with Crippen molar-refractivity contribution in [1.82, 2.24) is 20.0 Å². The predicted octanol–water partition coefficient (Wildman–Crippen LogP) is 4.33. The van der Waals surface area contributed by atoms with Crippen molar-refractivity contribution < 1.29 is 9.21 Å². The van der Waals surface area contributed by atoms with Crippen molar-refractivity contribution in [3.63, 3.8) is 0 Å². The molecule has 7 nitrogen and oxygen atoms in total. The molecule has 0 aliphatic carbocycles. The van der Waals surface area contributed by atoms with E-state index in [1.54, 1.807) is 19.2 Å². The first-order chi connectivity index (χ1) is 13.0. The summed E-state index contributed by atoms with van der Waals surface area (Å²) >= 11 is 1.23. The van der Waals surface area contributed by atoms with Gasteiger partial charge in [-0.25, -0.2) is 4.68 Å². The Kier molecular flexibility index (Phi) is 5.95. The standard InChI is InChI=1S/C19H23N5O2S/c1-5-13(3)24-16(10-11-20-24)21-17(25)14(4)27-19-23-22-18(26-19)15-8-6-12(2)7-9-15/h6-11,13-14H,5H2,1-4H3,(H,21,25)/t13-,14+/m1/s1. The van der Waals surface area contributed by atoms with Crippen LogP contribution in [0.2, 0.25) is 0 Å². The topological polar surface area (TPSA) is 85.8 Å². The Balaban J connectivity index is 1.64. The van der Waals surface area contributed by atoms with Crippen LogP contribution in [-0.2, 0) is 4.79 Å². The number of rotatable bonds is 7. The molecular formula is C19H23N5O2S. The summed E-state index contributed by atoms with van der Waals surface area (Å²) in [7, 11) is 0. The lowest BCUT2D eigenvalue weighted by atomic mass is 10.1. The lowest BCUT2D eigenvalue weighted by Gasteiger charge is -2.15. The van der Waals surface area contributed by atoms with E-state index >= 15 is 0 Å². The zero-order valence-electron chi connectivity index (χ0n) is 15.8. The molecule has 0 radical (unpaired) electrons.